The largest absolute Gasteiger partial charge is 0.322 e. The molecule has 0 unspecified atom stereocenters. The van der Waals surface area contributed by atoms with E-state index in [-0.39, 0.29) is 12.5 Å². The molecule has 0 aliphatic carbocycles. The minimum atomic E-state index is -0.193. The molecule has 2 N–H and O–H groups in total. The second-order valence-electron chi connectivity index (χ2n) is 4.09. The minimum Gasteiger partial charge on any atom is -0.322 e. The molecule has 2 rings (SSSR count). The van der Waals surface area contributed by atoms with Gasteiger partial charge in [0.1, 0.15) is 0 Å². The number of thiazole rings is 1. The smallest absolute Gasteiger partial charge is 0.238 e. The Kier molecular flexibility index (Phi) is 5.37. The van der Waals surface area contributed by atoms with Gasteiger partial charge in [-0.2, -0.15) is 0 Å². The summed E-state index contributed by atoms with van der Waals surface area (Å²) in [5.41, 5.74) is 0.441. The zero-order valence-electron chi connectivity index (χ0n) is 10.7. The number of benzene rings is 1. The van der Waals surface area contributed by atoms with Crippen LogP contribution in [0.3, 0.4) is 0 Å². The fraction of sp³-hybridized carbons (Fsp3) is 0.231. The Morgan fingerprint density at radius 1 is 1.35 bits per heavy atom. The number of hydrogen-bond donors (Lipinski definition) is 2. The molecule has 0 bridgehead atoms. The van der Waals surface area contributed by atoms with E-state index >= 15 is 0 Å². The fourth-order valence-corrected chi connectivity index (χ4v) is 2.84. The molecule has 0 saturated heterocycles. The molecule has 0 fully saturated rings. The van der Waals surface area contributed by atoms with Crippen molar-refractivity contribution in [3.63, 3.8) is 0 Å². The van der Waals surface area contributed by atoms with Crippen LogP contribution in [0.2, 0.25) is 10.0 Å². The molecule has 0 saturated carbocycles. The van der Waals surface area contributed by atoms with Gasteiger partial charge in [0.15, 0.2) is 0 Å². The molecule has 0 spiro atoms. The number of carbonyl (C=O) groups is 1. The van der Waals surface area contributed by atoms with Gasteiger partial charge in [0.05, 0.1) is 27.3 Å². The van der Waals surface area contributed by atoms with Crippen LogP contribution in [-0.4, -0.2) is 17.4 Å². The highest BCUT2D eigenvalue weighted by molar-refractivity contribution is 7.11. The summed E-state index contributed by atoms with van der Waals surface area (Å²) < 4.78 is 0. The standard InChI is InChI=1S/C13H13Cl2N3OS/c1-8-17-6-9(20-8)5-16-7-12(19)18-13-10(14)3-2-4-11(13)15/h2-4,6,16H,5,7H2,1H3,(H,18,19). The predicted octanol–water partition coefficient (Wildman–Crippen LogP) is 3.49. The van der Waals surface area contributed by atoms with Crippen LogP contribution >= 0.6 is 34.5 Å². The number of para-hydroxylation sites is 1. The lowest BCUT2D eigenvalue weighted by molar-refractivity contribution is -0.115. The number of aromatic nitrogens is 1. The summed E-state index contributed by atoms with van der Waals surface area (Å²) in [5, 5.41) is 7.59. The second-order valence-corrected chi connectivity index (χ2v) is 6.23. The minimum absolute atomic E-state index is 0.179. The number of amides is 1. The van der Waals surface area contributed by atoms with Gasteiger partial charge in [0.2, 0.25) is 5.91 Å². The Morgan fingerprint density at radius 3 is 2.65 bits per heavy atom. The Hall–Kier alpha value is -1.14. The summed E-state index contributed by atoms with van der Waals surface area (Å²) in [6.07, 6.45) is 1.80. The number of nitrogens with one attached hydrogen (secondary N) is 2. The number of hydrogen-bond acceptors (Lipinski definition) is 4. The first kappa shape index (κ1) is 15.3. The van der Waals surface area contributed by atoms with Crippen LogP contribution in [0.15, 0.2) is 24.4 Å². The Balaban J connectivity index is 1.84. The van der Waals surface area contributed by atoms with Gasteiger partial charge in [0, 0.05) is 17.6 Å². The zero-order valence-corrected chi connectivity index (χ0v) is 13.1. The van der Waals surface area contributed by atoms with Crippen LogP contribution in [-0.2, 0) is 11.3 Å². The van der Waals surface area contributed by atoms with E-state index in [4.69, 9.17) is 23.2 Å². The third kappa shape index (κ3) is 4.18. The summed E-state index contributed by atoms with van der Waals surface area (Å²) in [6, 6.07) is 5.08. The topological polar surface area (TPSA) is 54.0 Å². The van der Waals surface area contributed by atoms with E-state index < -0.39 is 0 Å². The van der Waals surface area contributed by atoms with Crippen molar-refractivity contribution in [3.8, 4) is 0 Å². The van der Waals surface area contributed by atoms with Crippen molar-refractivity contribution in [2.75, 3.05) is 11.9 Å². The molecule has 4 nitrogen and oxygen atoms in total. The number of carbonyl (C=O) groups excluding carboxylic acids is 1. The van der Waals surface area contributed by atoms with Gasteiger partial charge in [-0.3, -0.25) is 4.79 Å². The van der Waals surface area contributed by atoms with Crippen LogP contribution in [0, 0.1) is 6.92 Å². The van der Waals surface area contributed by atoms with Crippen molar-refractivity contribution in [1.29, 1.82) is 0 Å². The van der Waals surface area contributed by atoms with Gasteiger partial charge in [-0.15, -0.1) is 11.3 Å². The molecular weight excluding hydrogens is 317 g/mol. The van der Waals surface area contributed by atoms with Gasteiger partial charge < -0.3 is 10.6 Å². The first-order valence-electron chi connectivity index (χ1n) is 5.92. The van der Waals surface area contributed by atoms with Crippen LogP contribution < -0.4 is 10.6 Å². The van der Waals surface area contributed by atoms with E-state index in [1.165, 1.54) is 0 Å². The van der Waals surface area contributed by atoms with E-state index in [1.807, 2.05) is 6.92 Å². The molecule has 0 aliphatic rings. The van der Waals surface area contributed by atoms with Crippen molar-refractivity contribution >= 4 is 46.1 Å². The molecule has 2 aromatic rings. The third-order valence-electron chi connectivity index (χ3n) is 2.48. The van der Waals surface area contributed by atoms with Gasteiger partial charge in [-0.25, -0.2) is 4.98 Å². The van der Waals surface area contributed by atoms with Crippen LogP contribution in [0.1, 0.15) is 9.88 Å². The number of aryl methyl sites for hydroxylation is 1. The van der Waals surface area contributed by atoms with Crippen LogP contribution in [0.25, 0.3) is 0 Å². The summed E-state index contributed by atoms with van der Waals surface area (Å²) in [5.74, 6) is -0.193. The molecule has 7 heteroatoms. The molecule has 20 heavy (non-hydrogen) atoms. The van der Waals surface area contributed by atoms with Crippen molar-refractivity contribution in [3.05, 3.63) is 44.3 Å². The van der Waals surface area contributed by atoms with E-state index in [0.29, 0.717) is 22.3 Å². The van der Waals surface area contributed by atoms with Gasteiger partial charge >= 0.3 is 0 Å². The molecule has 1 amide bonds. The van der Waals surface area contributed by atoms with Crippen molar-refractivity contribution in [2.24, 2.45) is 0 Å². The van der Waals surface area contributed by atoms with Gasteiger partial charge in [0.25, 0.3) is 0 Å². The highest BCUT2D eigenvalue weighted by Crippen LogP contribution is 2.29. The van der Waals surface area contributed by atoms with Crippen molar-refractivity contribution < 1.29 is 4.79 Å². The van der Waals surface area contributed by atoms with Crippen molar-refractivity contribution in [1.82, 2.24) is 10.3 Å². The predicted molar refractivity (Wildman–Crippen MR) is 83.6 cm³/mol. The number of halogens is 2. The molecule has 0 aliphatic heterocycles. The molecule has 0 atom stereocenters. The van der Waals surface area contributed by atoms with Gasteiger partial charge in [-0.05, 0) is 19.1 Å². The number of rotatable bonds is 5. The quantitative estimate of drug-likeness (QED) is 0.882. The monoisotopic (exact) mass is 329 g/mol. The van der Waals surface area contributed by atoms with E-state index in [9.17, 15) is 4.79 Å². The van der Waals surface area contributed by atoms with Crippen molar-refractivity contribution in [2.45, 2.75) is 13.5 Å². The van der Waals surface area contributed by atoms with Crippen LogP contribution in [0.5, 0.6) is 0 Å². The van der Waals surface area contributed by atoms with Crippen LogP contribution in [0.4, 0.5) is 5.69 Å². The van der Waals surface area contributed by atoms with E-state index in [0.717, 1.165) is 9.88 Å². The SMILES string of the molecule is Cc1ncc(CNCC(=O)Nc2c(Cl)cccc2Cl)s1. The van der Waals surface area contributed by atoms with Gasteiger partial charge in [-0.1, -0.05) is 29.3 Å². The number of anilines is 1. The maximum Gasteiger partial charge on any atom is 0.238 e. The summed E-state index contributed by atoms with van der Waals surface area (Å²) in [4.78, 5) is 17.0. The second kappa shape index (κ2) is 7.04. The summed E-state index contributed by atoms with van der Waals surface area (Å²) >= 11 is 13.6. The average molecular weight is 330 g/mol. The fourth-order valence-electron chi connectivity index (χ4n) is 1.59. The normalized spacial score (nSPS) is 10.6. The summed E-state index contributed by atoms with van der Waals surface area (Å²) in [6.45, 7) is 2.73. The zero-order chi connectivity index (χ0) is 14.5. The Labute approximate surface area is 131 Å². The third-order valence-corrected chi connectivity index (χ3v) is 4.02. The molecule has 1 heterocycles. The van der Waals surface area contributed by atoms with E-state index in [2.05, 4.69) is 15.6 Å². The highest BCUT2D eigenvalue weighted by Gasteiger charge is 2.09. The average Bonchev–Trinajstić information content (AvgIpc) is 2.80. The molecule has 1 aromatic carbocycles. The maximum absolute atomic E-state index is 11.8. The highest BCUT2D eigenvalue weighted by atomic mass is 35.5. The molecule has 106 valence electrons. The first-order valence-corrected chi connectivity index (χ1v) is 7.49. The number of nitrogens with zero attached hydrogens (tertiary/aromatic N) is 1. The molecule has 1 aromatic heterocycles. The lowest BCUT2D eigenvalue weighted by atomic mass is 10.3. The first-order chi connectivity index (χ1) is 9.56. The Morgan fingerprint density at radius 2 is 2.05 bits per heavy atom. The molecular formula is C13H13Cl2N3OS. The van der Waals surface area contributed by atoms with E-state index in [1.54, 1.807) is 35.7 Å². The molecule has 0 radical (unpaired) electrons. The lowest BCUT2D eigenvalue weighted by Gasteiger charge is -2.09. The lowest BCUT2D eigenvalue weighted by Crippen LogP contribution is -2.27. The summed E-state index contributed by atoms with van der Waals surface area (Å²) in [7, 11) is 0. The maximum atomic E-state index is 11.8. The Bertz CT molecular complexity index is 595.